The van der Waals surface area contributed by atoms with Crippen molar-refractivity contribution >= 4 is 23.8 Å². The van der Waals surface area contributed by atoms with Crippen LogP contribution >= 0.6 is 0 Å². The summed E-state index contributed by atoms with van der Waals surface area (Å²) in [5.74, 6) is -0.0366. The third kappa shape index (κ3) is 2.61. The Kier molecular flexibility index (Phi) is 3.47. The van der Waals surface area contributed by atoms with E-state index in [4.69, 9.17) is 0 Å². The van der Waals surface area contributed by atoms with Crippen LogP contribution in [-0.4, -0.2) is 10.1 Å². The Morgan fingerprint density at radius 1 is 0.917 bits per heavy atom. The van der Waals surface area contributed by atoms with Crippen LogP contribution in [0.5, 0.6) is 5.75 Å². The number of phenols is 1. The maximum atomic E-state index is 13.7. The van der Waals surface area contributed by atoms with E-state index in [1.165, 1.54) is 12.1 Å². The number of halogens is 1. The van der Waals surface area contributed by atoms with Crippen molar-refractivity contribution in [2.75, 3.05) is 0 Å². The molecular weight excluding hydrogens is 301 g/mol. The molecule has 1 aliphatic rings. The van der Waals surface area contributed by atoms with Crippen molar-refractivity contribution in [3.05, 3.63) is 94.6 Å². The molecule has 116 valence electrons. The van der Waals surface area contributed by atoms with Crippen LogP contribution in [0.1, 0.15) is 27.9 Å². The summed E-state index contributed by atoms with van der Waals surface area (Å²) in [6, 6.07) is 15.7. The highest BCUT2D eigenvalue weighted by Gasteiger charge is 2.16. The molecule has 3 heteroatoms. The molecule has 3 aromatic rings. The molecule has 2 nitrogen and oxygen atoms in total. The van der Waals surface area contributed by atoms with E-state index in [0.29, 0.717) is 0 Å². The van der Waals surface area contributed by atoms with Crippen LogP contribution in [0.3, 0.4) is 0 Å². The number of aromatic hydroxyl groups is 1. The average molecular weight is 315 g/mol. The third-order valence-electron chi connectivity index (χ3n) is 4.06. The highest BCUT2D eigenvalue weighted by molar-refractivity contribution is 5.99. The molecule has 0 saturated heterocycles. The molecule has 0 unspecified atom stereocenters. The molecule has 0 radical (unpaired) electrons. The van der Waals surface area contributed by atoms with Gasteiger partial charge in [-0.2, -0.15) is 0 Å². The van der Waals surface area contributed by atoms with Crippen LogP contribution in [0.15, 0.2) is 60.8 Å². The number of hydrogen-bond donors (Lipinski definition) is 1. The molecule has 0 spiro atoms. The van der Waals surface area contributed by atoms with Crippen molar-refractivity contribution < 1.29 is 9.50 Å². The molecule has 0 atom stereocenters. The molecule has 1 aromatic heterocycles. The molecule has 24 heavy (non-hydrogen) atoms. The fourth-order valence-corrected chi connectivity index (χ4v) is 2.90. The summed E-state index contributed by atoms with van der Waals surface area (Å²) >= 11 is 0. The second-order valence-corrected chi connectivity index (χ2v) is 5.65. The van der Waals surface area contributed by atoms with Crippen molar-refractivity contribution in [3.63, 3.8) is 0 Å². The van der Waals surface area contributed by atoms with Gasteiger partial charge in [0, 0.05) is 11.8 Å². The Labute approximate surface area is 139 Å². The predicted molar refractivity (Wildman–Crippen MR) is 94.6 cm³/mol. The lowest BCUT2D eigenvalue weighted by Gasteiger charge is -2.12. The Morgan fingerprint density at radius 2 is 1.75 bits per heavy atom. The smallest absolute Gasteiger partial charge is 0.123 e. The second-order valence-electron chi connectivity index (χ2n) is 5.65. The Hall–Kier alpha value is -3.20. The molecular formula is C21H14FNO. The Bertz CT molecular complexity index is 971. The van der Waals surface area contributed by atoms with E-state index >= 15 is 0 Å². The summed E-state index contributed by atoms with van der Waals surface area (Å²) in [6.45, 7) is 0. The molecule has 2 aromatic carbocycles. The second kappa shape index (κ2) is 5.78. The summed E-state index contributed by atoms with van der Waals surface area (Å²) in [4.78, 5) is 4.43. The first-order chi connectivity index (χ1) is 11.7. The third-order valence-corrected chi connectivity index (χ3v) is 4.06. The van der Waals surface area contributed by atoms with Gasteiger partial charge in [0.25, 0.3) is 0 Å². The number of aromatic nitrogens is 1. The lowest BCUT2D eigenvalue weighted by Crippen LogP contribution is -1.94. The molecule has 0 bridgehead atoms. The monoisotopic (exact) mass is 315 g/mol. The van der Waals surface area contributed by atoms with Gasteiger partial charge in [-0.1, -0.05) is 30.3 Å². The predicted octanol–water partition coefficient (Wildman–Crippen LogP) is 5.00. The number of hydrogen-bond acceptors (Lipinski definition) is 2. The Morgan fingerprint density at radius 3 is 2.58 bits per heavy atom. The van der Waals surface area contributed by atoms with E-state index in [9.17, 15) is 9.50 Å². The van der Waals surface area contributed by atoms with Crippen LogP contribution in [0.4, 0.5) is 4.39 Å². The van der Waals surface area contributed by atoms with Crippen molar-refractivity contribution in [2.45, 2.75) is 0 Å². The van der Waals surface area contributed by atoms with Gasteiger partial charge in [0.05, 0.1) is 5.69 Å². The molecule has 0 aliphatic heterocycles. The number of pyridine rings is 1. The molecule has 4 rings (SSSR count). The summed E-state index contributed by atoms with van der Waals surface area (Å²) < 4.78 is 13.7. The largest absolute Gasteiger partial charge is 0.508 e. The van der Waals surface area contributed by atoms with Crippen LogP contribution in [0, 0.1) is 5.82 Å². The molecule has 0 saturated carbocycles. The first-order valence-electron chi connectivity index (χ1n) is 7.65. The fraction of sp³-hybridized carbons (Fsp3) is 0. The van der Waals surface area contributed by atoms with Gasteiger partial charge < -0.3 is 5.11 Å². The van der Waals surface area contributed by atoms with Gasteiger partial charge in [0.15, 0.2) is 0 Å². The summed E-state index contributed by atoms with van der Waals surface area (Å²) in [6.07, 6.45) is 7.58. The lowest BCUT2D eigenvalue weighted by atomic mass is 9.93. The van der Waals surface area contributed by atoms with Crippen LogP contribution in [0.2, 0.25) is 0 Å². The van der Waals surface area contributed by atoms with E-state index in [-0.39, 0.29) is 11.6 Å². The maximum Gasteiger partial charge on any atom is 0.123 e. The fourth-order valence-electron chi connectivity index (χ4n) is 2.90. The summed E-state index contributed by atoms with van der Waals surface area (Å²) in [5, 5.41) is 9.47. The average Bonchev–Trinajstić information content (AvgIpc) is 2.74. The van der Waals surface area contributed by atoms with Crippen molar-refractivity contribution in [3.8, 4) is 5.75 Å². The van der Waals surface area contributed by atoms with Gasteiger partial charge in [0.1, 0.15) is 11.6 Å². The SMILES string of the molecule is Oc1ccc(/C=C2\c3ccc(F)cc3C=Cc3ncccc32)cc1. The number of benzene rings is 2. The van der Waals surface area contributed by atoms with E-state index < -0.39 is 0 Å². The number of phenolic OH excluding ortho intramolecular Hbond substituents is 1. The van der Waals surface area contributed by atoms with E-state index in [2.05, 4.69) is 4.98 Å². The number of nitrogens with zero attached hydrogens (tertiary/aromatic N) is 1. The zero-order chi connectivity index (χ0) is 16.5. The van der Waals surface area contributed by atoms with Gasteiger partial charge in [-0.25, -0.2) is 4.39 Å². The minimum absolute atomic E-state index is 0.226. The zero-order valence-electron chi connectivity index (χ0n) is 12.8. The normalized spacial score (nSPS) is 14.1. The summed E-state index contributed by atoms with van der Waals surface area (Å²) in [7, 11) is 0. The van der Waals surface area contributed by atoms with Crippen LogP contribution in [0.25, 0.3) is 23.8 Å². The zero-order valence-corrected chi connectivity index (χ0v) is 12.8. The van der Waals surface area contributed by atoms with E-state index in [1.807, 2.05) is 42.5 Å². The molecule has 0 amide bonds. The van der Waals surface area contributed by atoms with Crippen molar-refractivity contribution in [2.24, 2.45) is 0 Å². The van der Waals surface area contributed by atoms with E-state index in [1.54, 1.807) is 24.4 Å². The van der Waals surface area contributed by atoms with E-state index in [0.717, 1.165) is 33.5 Å². The minimum Gasteiger partial charge on any atom is -0.508 e. The molecule has 1 heterocycles. The lowest BCUT2D eigenvalue weighted by molar-refractivity contribution is 0.475. The van der Waals surface area contributed by atoms with Gasteiger partial charge >= 0.3 is 0 Å². The molecule has 1 aliphatic carbocycles. The Balaban J connectivity index is 1.97. The van der Waals surface area contributed by atoms with Gasteiger partial charge in [0.2, 0.25) is 0 Å². The van der Waals surface area contributed by atoms with Crippen molar-refractivity contribution in [1.82, 2.24) is 4.98 Å². The highest BCUT2D eigenvalue weighted by atomic mass is 19.1. The maximum absolute atomic E-state index is 13.7. The van der Waals surface area contributed by atoms with Crippen LogP contribution < -0.4 is 0 Å². The van der Waals surface area contributed by atoms with Gasteiger partial charge in [-0.15, -0.1) is 0 Å². The highest BCUT2D eigenvalue weighted by Crippen LogP contribution is 2.34. The van der Waals surface area contributed by atoms with Gasteiger partial charge in [-0.3, -0.25) is 4.98 Å². The standard InChI is InChI=1S/C21H14FNO/c22-16-6-9-18-15(13-16)5-10-21-19(2-1-11-23-21)20(18)12-14-3-7-17(24)8-4-14/h1-13,24H/b20-12+. The topological polar surface area (TPSA) is 33.1 Å². The number of fused-ring (bicyclic) bond motifs is 2. The minimum atomic E-state index is -0.263. The molecule has 0 fully saturated rings. The van der Waals surface area contributed by atoms with Gasteiger partial charge in [-0.05, 0) is 64.7 Å². The van der Waals surface area contributed by atoms with Crippen LogP contribution in [-0.2, 0) is 0 Å². The number of rotatable bonds is 1. The first kappa shape index (κ1) is 14.4. The van der Waals surface area contributed by atoms with Crippen molar-refractivity contribution in [1.29, 1.82) is 0 Å². The molecule has 1 N–H and O–H groups in total. The first-order valence-corrected chi connectivity index (χ1v) is 7.65. The quantitative estimate of drug-likeness (QED) is 0.536. The summed E-state index contributed by atoms with van der Waals surface area (Å²) in [5.41, 5.74) is 5.54.